The Labute approximate surface area is 89.2 Å². The van der Waals surface area contributed by atoms with Crippen LogP contribution in [0, 0.1) is 0 Å². The molecule has 0 spiro atoms. The Morgan fingerprint density at radius 3 is 3.21 bits per heavy atom. The highest BCUT2D eigenvalue weighted by atomic mass is 35.5. The lowest BCUT2D eigenvalue weighted by Gasteiger charge is -2.09. The lowest BCUT2D eigenvalue weighted by atomic mass is 10.1. The first-order chi connectivity index (χ1) is 6.79. The van der Waals surface area contributed by atoms with Crippen LogP contribution in [0.1, 0.15) is 12.0 Å². The van der Waals surface area contributed by atoms with Crippen molar-refractivity contribution >= 4 is 11.6 Å². The lowest BCUT2D eigenvalue weighted by molar-refractivity contribution is 0.221. The van der Waals surface area contributed by atoms with Gasteiger partial charge < -0.3 is 10.1 Å². The average molecular weight is 212 g/mol. The van der Waals surface area contributed by atoms with Gasteiger partial charge in [-0.05, 0) is 43.8 Å². The molecule has 1 unspecified atom stereocenters. The van der Waals surface area contributed by atoms with Crippen molar-refractivity contribution in [2.45, 2.75) is 18.9 Å². The summed E-state index contributed by atoms with van der Waals surface area (Å²) in [6, 6.07) is 5.83. The maximum Gasteiger partial charge on any atom is 0.123 e. The summed E-state index contributed by atoms with van der Waals surface area (Å²) in [7, 11) is 1.96. The van der Waals surface area contributed by atoms with Crippen molar-refractivity contribution in [1.29, 1.82) is 0 Å². The Hall–Kier alpha value is -0.730. The van der Waals surface area contributed by atoms with Crippen LogP contribution in [0.4, 0.5) is 0 Å². The molecule has 1 aliphatic heterocycles. The van der Waals surface area contributed by atoms with Crippen LogP contribution in [0.15, 0.2) is 18.2 Å². The van der Waals surface area contributed by atoms with Crippen molar-refractivity contribution in [2.75, 3.05) is 13.6 Å². The standard InChI is InChI=1S/C11H14ClNO/c1-13-5-4-10-7-8-6-9(12)2-3-11(8)14-10/h2-3,6,10,13H,4-5,7H2,1H3. The molecule has 1 aliphatic rings. The number of hydrogen-bond donors (Lipinski definition) is 1. The molecule has 2 rings (SSSR count). The maximum atomic E-state index is 5.91. The highest BCUT2D eigenvalue weighted by Crippen LogP contribution is 2.31. The molecule has 0 radical (unpaired) electrons. The molecule has 0 saturated carbocycles. The Morgan fingerprint density at radius 2 is 2.43 bits per heavy atom. The normalized spacial score (nSPS) is 19.1. The molecule has 14 heavy (non-hydrogen) atoms. The summed E-state index contributed by atoms with van der Waals surface area (Å²) in [5, 5.41) is 3.92. The van der Waals surface area contributed by atoms with Gasteiger partial charge in [0.05, 0.1) is 0 Å². The molecule has 0 aromatic heterocycles. The summed E-state index contributed by atoms with van der Waals surface area (Å²) >= 11 is 5.91. The zero-order chi connectivity index (χ0) is 9.97. The molecule has 1 N–H and O–H groups in total. The summed E-state index contributed by atoms with van der Waals surface area (Å²) in [4.78, 5) is 0. The third kappa shape index (κ3) is 2.02. The Bertz CT molecular complexity index is 327. The van der Waals surface area contributed by atoms with Crippen LogP contribution in [0.3, 0.4) is 0 Å². The summed E-state index contributed by atoms with van der Waals surface area (Å²) in [5.74, 6) is 0.996. The number of rotatable bonds is 3. The topological polar surface area (TPSA) is 21.3 Å². The van der Waals surface area contributed by atoms with E-state index >= 15 is 0 Å². The molecule has 1 atom stereocenters. The van der Waals surface area contributed by atoms with Gasteiger partial charge in [-0.25, -0.2) is 0 Å². The second-order valence-corrected chi connectivity index (χ2v) is 4.02. The van der Waals surface area contributed by atoms with E-state index in [1.165, 1.54) is 5.56 Å². The molecule has 0 fully saturated rings. The zero-order valence-electron chi connectivity index (χ0n) is 8.22. The van der Waals surface area contributed by atoms with Crippen LogP contribution in [0.25, 0.3) is 0 Å². The quantitative estimate of drug-likeness (QED) is 0.828. The minimum Gasteiger partial charge on any atom is -0.490 e. The number of benzene rings is 1. The van der Waals surface area contributed by atoms with Gasteiger partial charge in [-0.1, -0.05) is 11.6 Å². The van der Waals surface area contributed by atoms with Gasteiger partial charge in [0.15, 0.2) is 0 Å². The fraction of sp³-hybridized carbons (Fsp3) is 0.455. The SMILES string of the molecule is CNCCC1Cc2cc(Cl)ccc2O1. The van der Waals surface area contributed by atoms with E-state index in [0.29, 0.717) is 6.10 Å². The smallest absolute Gasteiger partial charge is 0.123 e. The predicted molar refractivity (Wildman–Crippen MR) is 58.1 cm³/mol. The van der Waals surface area contributed by atoms with Gasteiger partial charge in [-0.2, -0.15) is 0 Å². The Kier molecular flexibility index (Phi) is 2.94. The van der Waals surface area contributed by atoms with Gasteiger partial charge in [0.2, 0.25) is 0 Å². The van der Waals surface area contributed by atoms with E-state index in [0.717, 1.165) is 30.2 Å². The first-order valence-corrected chi connectivity index (χ1v) is 5.27. The summed E-state index contributed by atoms with van der Waals surface area (Å²) in [6.07, 6.45) is 2.34. The molecule has 1 aromatic rings. The second-order valence-electron chi connectivity index (χ2n) is 3.59. The van der Waals surface area contributed by atoms with E-state index in [1.54, 1.807) is 0 Å². The minimum atomic E-state index is 0.316. The maximum absolute atomic E-state index is 5.91. The van der Waals surface area contributed by atoms with Gasteiger partial charge in [-0.15, -0.1) is 0 Å². The molecule has 2 nitrogen and oxygen atoms in total. The van der Waals surface area contributed by atoms with Crippen molar-refractivity contribution < 1.29 is 4.74 Å². The van der Waals surface area contributed by atoms with Crippen molar-refractivity contribution in [1.82, 2.24) is 5.32 Å². The van der Waals surface area contributed by atoms with Gasteiger partial charge >= 0.3 is 0 Å². The third-order valence-electron chi connectivity index (χ3n) is 2.48. The van der Waals surface area contributed by atoms with E-state index in [1.807, 2.05) is 25.2 Å². The first kappa shape index (κ1) is 9.81. The van der Waals surface area contributed by atoms with Gasteiger partial charge in [0.25, 0.3) is 0 Å². The van der Waals surface area contributed by atoms with E-state index < -0.39 is 0 Å². The third-order valence-corrected chi connectivity index (χ3v) is 2.72. The molecule has 0 saturated heterocycles. The molecule has 3 heteroatoms. The molecule has 1 heterocycles. The fourth-order valence-electron chi connectivity index (χ4n) is 1.76. The van der Waals surface area contributed by atoms with E-state index in [2.05, 4.69) is 5.32 Å². The van der Waals surface area contributed by atoms with E-state index in [-0.39, 0.29) is 0 Å². The zero-order valence-corrected chi connectivity index (χ0v) is 8.97. The average Bonchev–Trinajstić information content (AvgIpc) is 2.56. The van der Waals surface area contributed by atoms with Gasteiger partial charge in [-0.3, -0.25) is 0 Å². The van der Waals surface area contributed by atoms with Crippen molar-refractivity contribution in [3.8, 4) is 5.75 Å². The summed E-state index contributed by atoms with van der Waals surface area (Å²) in [6.45, 7) is 0.992. The number of nitrogens with one attached hydrogen (secondary N) is 1. The molecule has 0 amide bonds. The van der Waals surface area contributed by atoms with Crippen LogP contribution in [-0.4, -0.2) is 19.7 Å². The first-order valence-electron chi connectivity index (χ1n) is 4.89. The molecule has 0 bridgehead atoms. The number of ether oxygens (including phenoxy) is 1. The van der Waals surface area contributed by atoms with E-state index in [4.69, 9.17) is 16.3 Å². The highest BCUT2D eigenvalue weighted by molar-refractivity contribution is 6.30. The van der Waals surface area contributed by atoms with E-state index in [9.17, 15) is 0 Å². The molecular formula is C11H14ClNO. The Morgan fingerprint density at radius 1 is 1.57 bits per heavy atom. The molecular weight excluding hydrogens is 198 g/mol. The summed E-state index contributed by atoms with van der Waals surface area (Å²) in [5.41, 5.74) is 1.23. The minimum absolute atomic E-state index is 0.316. The number of hydrogen-bond acceptors (Lipinski definition) is 2. The Balaban J connectivity index is 2.03. The van der Waals surface area contributed by atoms with Crippen LogP contribution in [0.2, 0.25) is 5.02 Å². The number of fused-ring (bicyclic) bond motifs is 1. The van der Waals surface area contributed by atoms with Gasteiger partial charge in [0, 0.05) is 11.4 Å². The monoisotopic (exact) mass is 211 g/mol. The van der Waals surface area contributed by atoms with Crippen LogP contribution >= 0.6 is 11.6 Å². The molecule has 0 aliphatic carbocycles. The molecule has 1 aromatic carbocycles. The largest absolute Gasteiger partial charge is 0.490 e. The summed E-state index contributed by atoms with van der Waals surface area (Å²) < 4.78 is 5.77. The van der Waals surface area contributed by atoms with Crippen LogP contribution in [-0.2, 0) is 6.42 Å². The van der Waals surface area contributed by atoms with Crippen molar-refractivity contribution in [3.63, 3.8) is 0 Å². The van der Waals surface area contributed by atoms with Gasteiger partial charge in [0.1, 0.15) is 11.9 Å². The highest BCUT2D eigenvalue weighted by Gasteiger charge is 2.22. The molecule has 76 valence electrons. The number of halogens is 1. The van der Waals surface area contributed by atoms with Crippen molar-refractivity contribution in [2.24, 2.45) is 0 Å². The lowest BCUT2D eigenvalue weighted by Crippen LogP contribution is -2.20. The van der Waals surface area contributed by atoms with Crippen LogP contribution in [0.5, 0.6) is 5.75 Å². The second kappa shape index (κ2) is 4.20. The van der Waals surface area contributed by atoms with Crippen LogP contribution < -0.4 is 10.1 Å². The van der Waals surface area contributed by atoms with Crippen molar-refractivity contribution in [3.05, 3.63) is 28.8 Å². The predicted octanol–water partition coefficient (Wildman–Crippen LogP) is 2.25. The fourth-order valence-corrected chi connectivity index (χ4v) is 1.95.